The van der Waals surface area contributed by atoms with Crippen LogP contribution < -0.4 is 4.90 Å². The van der Waals surface area contributed by atoms with Crippen LogP contribution in [0.1, 0.15) is 19.3 Å². The molecule has 0 saturated carbocycles. The van der Waals surface area contributed by atoms with Crippen LogP contribution >= 0.6 is 0 Å². The first-order chi connectivity index (χ1) is 14.8. The lowest BCUT2D eigenvalue weighted by Crippen LogP contribution is -2.51. The fourth-order valence-electron chi connectivity index (χ4n) is 4.56. The van der Waals surface area contributed by atoms with Crippen molar-refractivity contribution in [1.82, 2.24) is 19.8 Å². The van der Waals surface area contributed by atoms with Crippen molar-refractivity contribution in [3.05, 3.63) is 48.5 Å². The molecule has 2 aromatic carbocycles. The summed E-state index contributed by atoms with van der Waals surface area (Å²) in [7, 11) is 0. The molecule has 156 valence electrons. The van der Waals surface area contributed by atoms with Gasteiger partial charge in [0.1, 0.15) is 5.82 Å². The third-order valence-corrected chi connectivity index (χ3v) is 6.31. The van der Waals surface area contributed by atoms with Gasteiger partial charge in [-0.2, -0.15) is 0 Å². The molecule has 0 atom stereocenters. The van der Waals surface area contributed by atoms with Gasteiger partial charge in [0.05, 0.1) is 17.6 Å². The number of fused-ring (bicyclic) bond motifs is 1. The standard InChI is InChI=1S/C24H29N5O/c30-23(18-27-11-4-1-5-12-27)29-15-13-28(14-16-29)20-8-6-7-19(17-20)24-25-21-9-2-3-10-22(21)26-24/h2-3,6-10,17H,1,4-5,11-16,18H2,(H,25,26). The van der Waals surface area contributed by atoms with Gasteiger partial charge in [0.25, 0.3) is 0 Å². The molecule has 2 fully saturated rings. The highest BCUT2D eigenvalue weighted by Gasteiger charge is 2.23. The second-order valence-corrected chi connectivity index (χ2v) is 8.36. The number of imidazole rings is 1. The van der Waals surface area contributed by atoms with Gasteiger partial charge >= 0.3 is 0 Å². The lowest BCUT2D eigenvalue weighted by molar-refractivity contribution is -0.132. The number of hydrogen-bond acceptors (Lipinski definition) is 4. The molecular formula is C24H29N5O. The normalized spacial score (nSPS) is 18.1. The number of aromatic amines is 1. The lowest BCUT2D eigenvalue weighted by Gasteiger charge is -2.37. The zero-order valence-corrected chi connectivity index (χ0v) is 17.4. The Hall–Kier alpha value is -2.86. The molecule has 0 spiro atoms. The molecule has 1 aromatic heterocycles. The molecule has 2 aliphatic rings. The molecule has 6 nitrogen and oxygen atoms in total. The Morgan fingerprint density at radius 1 is 0.900 bits per heavy atom. The van der Waals surface area contributed by atoms with Crippen LogP contribution in [-0.2, 0) is 4.79 Å². The van der Waals surface area contributed by atoms with Gasteiger partial charge in [0, 0.05) is 37.4 Å². The second-order valence-electron chi connectivity index (χ2n) is 8.36. The van der Waals surface area contributed by atoms with E-state index in [1.54, 1.807) is 0 Å². The smallest absolute Gasteiger partial charge is 0.236 e. The summed E-state index contributed by atoms with van der Waals surface area (Å²) in [6.45, 7) is 6.05. The van der Waals surface area contributed by atoms with E-state index in [0.29, 0.717) is 6.54 Å². The van der Waals surface area contributed by atoms with Gasteiger partial charge in [0.2, 0.25) is 5.91 Å². The number of piperidine rings is 1. The maximum atomic E-state index is 12.7. The zero-order chi connectivity index (χ0) is 20.3. The fourth-order valence-corrected chi connectivity index (χ4v) is 4.56. The summed E-state index contributed by atoms with van der Waals surface area (Å²) in [6.07, 6.45) is 3.75. The predicted octanol–water partition coefficient (Wildman–Crippen LogP) is 3.36. The number of carbonyl (C=O) groups is 1. The minimum atomic E-state index is 0.285. The number of H-pyrrole nitrogens is 1. The minimum absolute atomic E-state index is 0.285. The summed E-state index contributed by atoms with van der Waals surface area (Å²) < 4.78 is 0. The van der Waals surface area contributed by atoms with Crippen molar-refractivity contribution in [1.29, 1.82) is 0 Å². The van der Waals surface area contributed by atoms with Crippen molar-refractivity contribution in [3.63, 3.8) is 0 Å². The molecule has 2 aliphatic heterocycles. The Balaban J connectivity index is 1.23. The highest BCUT2D eigenvalue weighted by Crippen LogP contribution is 2.25. The molecule has 3 heterocycles. The van der Waals surface area contributed by atoms with Crippen molar-refractivity contribution in [2.45, 2.75) is 19.3 Å². The Bertz CT molecular complexity index is 982. The van der Waals surface area contributed by atoms with Crippen molar-refractivity contribution in [3.8, 4) is 11.4 Å². The zero-order valence-electron chi connectivity index (χ0n) is 17.4. The topological polar surface area (TPSA) is 55.5 Å². The van der Waals surface area contributed by atoms with Crippen molar-refractivity contribution < 1.29 is 4.79 Å². The quantitative estimate of drug-likeness (QED) is 0.726. The number of hydrogen-bond donors (Lipinski definition) is 1. The van der Waals surface area contributed by atoms with Gasteiger partial charge < -0.3 is 14.8 Å². The summed E-state index contributed by atoms with van der Waals surface area (Å²) in [5.41, 5.74) is 4.32. The largest absolute Gasteiger partial charge is 0.368 e. The number of rotatable bonds is 4. The van der Waals surface area contributed by atoms with Gasteiger partial charge in [-0.3, -0.25) is 9.69 Å². The first-order valence-electron chi connectivity index (χ1n) is 11.1. The fraction of sp³-hybridized carbons (Fsp3) is 0.417. The Morgan fingerprint density at radius 3 is 2.50 bits per heavy atom. The molecule has 0 bridgehead atoms. The van der Waals surface area contributed by atoms with Crippen LogP contribution in [0, 0.1) is 0 Å². The Morgan fingerprint density at radius 2 is 1.70 bits per heavy atom. The number of likely N-dealkylation sites (tertiary alicyclic amines) is 1. The molecule has 1 amide bonds. The van der Waals surface area contributed by atoms with E-state index in [0.717, 1.165) is 61.7 Å². The van der Waals surface area contributed by atoms with Crippen LogP contribution in [0.25, 0.3) is 22.4 Å². The van der Waals surface area contributed by atoms with E-state index >= 15 is 0 Å². The number of aromatic nitrogens is 2. The van der Waals surface area contributed by atoms with Crippen LogP contribution in [-0.4, -0.2) is 71.5 Å². The number of anilines is 1. The monoisotopic (exact) mass is 403 g/mol. The molecular weight excluding hydrogens is 374 g/mol. The van der Waals surface area contributed by atoms with Crippen LogP contribution in [0.15, 0.2) is 48.5 Å². The molecule has 5 rings (SSSR count). The van der Waals surface area contributed by atoms with Crippen LogP contribution in [0.3, 0.4) is 0 Å². The first-order valence-corrected chi connectivity index (χ1v) is 11.1. The van der Waals surface area contributed by atoms with Gasteiger partial charge in [-0.25, -0.2) is 4.98 Å². The van der Waals surface area contributed by atoms with Gasteiger partial charge in [-0.15, -0.1) is 0 Å². The Labute approximate surface area is 177 Å². The SMILES string of the molecule is O=C(CN1CCCCC1)N1CCN(c2cccc(-c3nc4ccccc4[nH]3)c2)CC1. The number of benzene rings is 2. The molecule has 30 heavy (non-hydrogen) atoms. The summed E-state index contributed by atoms with van der Waals surface area (Å²) in [4.78, 5) is 27.6. The molecule has 2 saturated heterocycles. The number of piperazine rings is 1. The second kappa shape index (κ2) is 8.48. The van der Waals surface area contributed by atoms with Gasteiger partial charge in [0.15, 0.2) is 0 Å². The van der Waals surface area contributed by atoms with Gasteiger partial charge in [-0.05, 0) is 50.2 Å². The number of carbonyl (C=O) groups excluding carboxylic acids is 1. The van der Waals surface area contributed by atoms with E-state index in [4.69, 9.17) is 4.98 Å². The lowest BCUT2D eigenvalue weighted by atomic mass is 10.1. The summed E-state index contributed by atoms with van der Waals surface area (Å²) in [6, 6.07) is 16.6. The Kier molecular flexibility index (Phi) is 5.41. The highest BCUT2D eigenvalue weighted by molar-refractivity contribution is 5.80. The average molecular weight is 404 g/mol. The van der Waals surface area contributed by atoms with E-state index in [2.05, 4.69) is 45.1 Å². The summed E-state index contributed by atoms with van der Waals surface area (Å²) >= 11 is 0. The molecule has 6 heteroatoms. The highest BCUT2D eigenvalue weighted by atomic mass is 16.2. The minimum Gasteiger partial charge on any atom is -0.368 e. The third-order valence-electron chi connectivity index (χ3n) is 6.31. The molecule has 0 radical (unpaired) electrons. The number of nitrogens with one attached hydrogen (secondary N) is 1. The van der Waals surface area contributed by atoms with Crippen molar-refractivity contribution >= 4 is 22.6 Å². The van der Waals surface area contributed by atoms with Crippen LogP contribution in [0.5, 0.6) is 0 Å². The van der Waals surface area contributed by atoms with E-state index in [9.17, 15) is 4.79 Å². The third kappa shape index (κ3) is 4.05. The maximum absolute atomic E-state index is 12.7. The van der Waals surface area contributed by atoms with Crippen LogP contribution in [0.4, 0.5) is 5.69 Å². The summed E-state index contributed by atoms with van der Waals surface area (Å²) in [5.74, 6) is 1.18. The molecule has 0 unspecified atom stereocenters. The van der Waals surface area contributed by atoms with Crippen molar-refractivity contribution in [2.75, 3.05) is 50.7 Å². The van der Waals surface area contributed by atoms with Crippen LogP contribution in [0.2, 0.25) is 0 Å². The molecule has 3 aromatic rings. The average Bonchev–Trinajstić information content (AvgIpc) is 3.24. The maximum Gasteiger partial charge on any atom is 0.236 e. The number of amides is 1. The number of nitrogens with zero attached hydrogens (tertiary/aromatic N) is 4. The predicted molar refractivity (Wildman–Crippen MR) is 121 cm³/mol. The number of para-hydroxylation sites is 2. The molecule has 1 N–H and O–H groups in total. The molecule has 0 aliphatic carbocycles. The van der Waals surface area contributed by atoms with E-state index < -0.39 is 0 Å². The summed E-state index contributed by atoms with van der Waals surface area (Å²) in [5, 5.41) is 0. The van der Waals surface area contributed by atoms with Gasteiger partial charge in [-0.1, -0.05) is 30.7 Å². The van der Waals surface area contributed by atoms with E-state index in [-0.39, 0.29) is 5.91 Å². The first kappa shape index (κ1) is 19.1. The van der Waals surface area contributed by atoms with E-state index in [1.807, 2.05) is 23.1 Å². The van der Waals surface area contributed by atoms with E-state index in [1.165, 1.54) is 24.9 Å². The van der Waals surface area contributed by atoms with Crippen molar-refractivity contribution in [2.24, 2.45) is 0 Å².